The Hall–Kier alpha value is -3.30. The maximum absolute atomic E-state index is 10.3. The van der Waals surface area contributed by atoms with Crippen molar-refractivity contribution in [1.29, 1.82) is 0 Å². The molecule has 2 rings (SSSR count). The van der Waals surface area contributed by atoms with Gasteiger partial charge in [0.1, 0.15) is 6.07 Å². The molecule has 4 N–H and O–H groups in total. The summed E-state index contributed by atoms with van der Waals surface area (Å²) in [5.74, 6) is -0.892. The number of nitrogens with two attached hydrogens (primary N) is 2. The Labute approximate surface area is 112 Å². The summed E-state index contributed by atoms with van der Waals surface area (Å²) in [5, 5.41) is 20.7. The summed E-state index contributed by atoms with van der Waals surface area (Å²) in [6.45, 7) is 0. The molecule has 0 aliphatic heterocycles. The number of hydrogen-bond acceptors (Lipinski definition) is 8. The van der Waals surface area contributed by atoms with Gasteiger partial charge in [-0.3, -0.25) is 25.2 Å². The van der Waals surface area contributed by atoms with Gasteiger partial charge >= 0.3 is 11.4 Å². The fourth-order valence-electron chi connectivity index (χ4n) is 1.13. The highest BCUT2D eigenvalue weighted by Gasteiger charge is 2.22. The summed E-state index contributed by atoms with van der Waals surface area (Å²) in [6.07, 6.45) is 3.50. The first kappa shape index (κ1) is 14.8. The van der Waals surface area contributed by atoms with Gasteiger partial charge in [0.25, 0.3) is 0 Å². The van der Waals surface area contributed by atoms with Gasteiger partial charge in [0.15, 0.2) is 0 Å². The van der Waals surface area contributed by atoms with E-state index in [-0.39, 0.29) is 0 Å². The molecule has 10 heteroatoms. The molecule has 0 aliphatic rings. The van der Waals surface area contributed by atoms with Crippen molar-refractivity contribution in [3.8, 4) is 0 Å². The smallest absolute Gasteiger partial charge is 0.318 e. The number of aromatic nitrogens is 2. The lowest BCUT2D eigenvalue weighted by atomic mass is 10.3. The summed E-state index contributed by atoms with van der Waals surface area (Å²) >= 11 is 0. The molecule has 2 heterocycles. The van der Waals surface area contributed by atoms with Crippen LogP contribution in [0.25, 0.3) is 0 Å². The van der Waals surface area contributed by atoms with Crippen LogP contribution in [0.4, 0.5) is 23.0 Å². The van der Waals surface area contributed by atoms with Gasteiger partial charge in [-0.2, -0.15) is 0 Å². The molecule has 0 spiro atoms. The van der Waals surface area contributed by atoms with Crippen molar-refractivity contribution in [2.24, 2.45) is 0 Å². The molecule has 2 aromatic rings. The van der Waals surface area contributed by atoms with Gasteiger partial charge in [0.05, 0.1) is 9.85 Å². The van der Waals surface area contributed by atoms with E-state index in [1.54, 1.807) is 12.4 Å². The van der Waals surface area contributed by atoms with Crippen molar-refractivity contribution in [3.05, 3.63) is 56.9 Å². The van der Waals surface area contributed by atoms with Gasteiger partial charge in [-0.25, -0.2) is 4.98 Å². The Morgan fingerprint density at radius 2 is 1.35 bits per heavy atom. The third kappa shape index (κ3) is 3.87. The largest absolute Gasteiger partial charge is 0.378 e. The first-order chi connectivity index (χ1) is 9.43. The fraction of sp³-hybridized carbons (Fsp3) is 0. The highest BCUT2D eigenvalue weighted by molar-refractivity contribution is 5.66. The van der Waals surface area contributed by atoms with Gasteiger partial charge in [0.2, 0.25) is 11.6 Å². The molecular weight excluding hydrogens is 268 g/mol. The quantitative estimate of drug-likeness (QED) is 0.609. The van der Waals surface area contributed by atoms with E-state index in [1.165, 1.54) is 0 Å². The number of nitrogens with zero attached hydrogens (tertiary/aromatic N) is 4. The van der Waals surface area contributed by atoms with Crippen LogP contribution in [-0.2, 0) is 0 Å². The Morgan fingerprint density at radius 3 is 1.60 bits per heavy atom. The van der Waals surface area contributed by atoms with E-state index < -0.39 is 32.9 Å². The third-order valence-corrected chi connectivity index (χ3v) is 2.00. The fourth-order valence-corrected chi connectivity index (χ4v) is 1.13. The van der Waals surface area contributed by atoms with Crippen molar-refractivity contribution >= 4 is 23.0 Å². The highest BCUT2D eigenvalue weighted by atomic mass is 16.6. The maximum Gasteiger partial charge on any atom is 0.318 e. The van der Waals surface area contributed by atoms with Crippen LogP contribution >= 0.6 is 0 Å². The first-order valence-electron chi connectivity index (χ1n) is 5.13. The second-order valence-electron chi connectivity index (χ2n) is 3.34. The minimum absolute atomic E-state index is 0.446. The number of nitro groups is 2. The first-order valence-corrected chi connectivity index (χ1v) is 5.13. The zero-order chi connectivity index (χ0) is 15.1. The minimum atomic E-state index is -0.866. The van der Waals surface area contributed by atoms with E-state index in [9.17, 15) is 20.2 Å². The van der Waals surface area contributed by atoms with Gasteiger partial charge < -0.3 is 11.5 Å². The molecule has 0 aliphatic carbocycles. The molecule has 0 saturated heterocycles. The minimum Gasteiger partial charge on any atom is -0.378 e. The molecule has 0 saturated carbocycles. The second kappa shape index (κ2) is 6.58. The zero-order valence-electron chi connectivity index (χ0n) is 10.0. The summed E-state index contributed by atoms with van der Waals surface area (Å²) in [6, 6.07) is 6.39. The van der Waals surface area contributed by atoms with Crippen LogP contribution in [-0.4, -0.2) is 19.8 Å². The summed E-state index contributed by atoms with van der Waals surface area (Å²) in [5.41, 5.74) is 9.01. The van der Waals surface area contributed by atoms with Crippen molar-refractivity contribution < 1.29 is 9.85 Å². The molecule has 20 heavy (non-hydrogen) atoms. The van der Waals surface area contributed by atoms with Gasteiger partial charge in [-0.15, -0.1) is 0 Å². The van der Waals surface area contributed by atoms with E-state index in [4.69, 9.17) is 11.5 Å². The molecule has 0 fully saturated rings. The lowest BCUT2D eigenvalue weighted by molar-refractivity contribution is -0.393. The molecule has 0 radical (unpaired) electrons. The third-order valence-electron chi connectivity index (χ3n) is 2.00. The summed E-state index contributed by atoms with van der Waals surface area (Å²) < 4.78 is 0. The SMILES string of the molecule is Nc1nc(N)c([N+](=O)[O-])cc1[N+](=O)[O-].c1ccncc1. The van der Waals surface area contributed by atoms with E-state index >= 15 is 0 Å². The van der Waals surface area contributed by atoms with Crippen molar-refractivity contribution in [2.45, 2.75) is 0 Å². The number of pyridine rings is 2. The normalized spacial score (nSPS) is 9.20. The topological polar surface area (TPSA) is 164 Å². The molecule has 0 aromatic carbocycles. The predicted octanol–water partition coefficient (Wildman–Crippen LogP) is 1.14. The van der Waals surface area contributed by atoms with Crippen molar-refractivity contribution in [2.75, 3.05) is 11.5 Å². The van der Waals surface area contributed by atoms with E-state index in [2.05, 4.69) is 9.97 Å². The van der Waals surface area contributed by atoms with Crippen LogP contribution in [0.15, 0.2) is 36.7 Å². The molecule has 104 valence electrons. The number of anilines is 2. The molecule has 0 atom stereocenters. The number of rotatable bonds is 2. The lowest BCUT2D eigenvalue weighted by Gasteiger charge is -1.98. The molecule has 0 unspecified atom stereocenters. The highest BCUT2D eigenvalue weighted by Crippen LogP contribution is 2.28. The zero-order valence-corrected chi connectivity index (χ0v) is 10.0. The predicted molar refractivity (Wildman–Crippen MR) is 70.6 cm³/mol. The Morgan fingerprint density at radius 1 is 0.900 bits per heavy atom. The molecule has 10 nitrogen and oxygen atoms in total. The van der Waals surface area contributed by atoms with Crippen molar-refractivity contribution in [1.82, 2.24) is 9.97 Å². The molecule has 2 aromatic heterocycles. The van der Waals surface area contributed by atoms with Crippen molar-refractivity contribution in [3.63, 3.8) is 0 Å². The molecular formula is C10H10N6O4. The number of nitrogen functional groups attached to an aromatic ring is 2. The summed E-state index contributed by atoms with van der Waals surface area (Å²) in [7, 11) is 0. The maximum atomic E-state index is 10.3. The molecule has 0 bridgehead atoms. The monoisotopic (exact) mass is 278 g/mol. The molecule has 0 amide bonds. The average Bonchev–Trinajstić information content (AvgIpc) is 2.40. The van der Waals surface area contributed by atoms with E-state index in [1.807, 2.05) is 18.2 Å². The Bertz CT molecular complexity index is 557. The lowest BCUT2D eigenvalue weighted by Crippen LogP contribution is -2.04. The van der Waals surface area contributed by atoms with Crippen LogP contribution in [0.3, 0.4) is 0 Å². The van der Waals surface area contributed by atoms with Gasteiger partial charge in [-0.05, 0) is 12.1 Å². The van der Waals surface area contributed by atoms with Crippen LogP contribution < -0.4 is 11.5 Å². The van der Waals surface area contributed by atoms with Crippen LogP contribution in [0.2, 0.25) is 0 Å². The van der Waals surface area contributed by atoms with Gasteiger partial charge in [-0.1, -0.05) is 6.07 Å². The average molecular weight is 278 g/mol. The Balaban J connectivity index is 0.000000276. The van der Waals surface area contributed by atoms with Gasteiger partial charge in [0, 0.05) is 12.4 Å². The van der Waals surface area contributed by atoms with E-state index in [0.717, 1.165) is 0 Å². The van der Waals surface area contributed by atoms with Crippen LogP contribution in [0.1, 0.15) is 0 Å². The standard InChI is InChI=1S/C5H5N5O4.C5H5N/c6-4-2(9(11)12)1-3(10(13)14)5(7)8-4;1-2-4-6-5-3-1/h1H,(H4,6,7,8);1-5H. The van der Waals surface area contributed by atoms with Crippen LogP contribution in [0, 0.1) is 20.2 Å². The Kier molecular flexibility index (Phi) is 4.86. The van der Waals surface area contributed by atoms with E-state index in [0.29, 0.717) is 6.07 Å². The summed E-state index contributed by atoms with van der Waals surface area (Å²) in [4.78, 5) is 26.0. The second-order valence-corrected chi connectivity index (χ2v) is 3.34. The van der Waals surface area contributed by atoms with Crippen LogP contribution in [0.5, 0.6) is 0 Å². The number of hydrogen-bond donors (Lipinski definition) is 2.